The molecule has 0 aromatic rings. The first kappa shape index (κ1) is 49.1. The van der Waals surface area contributed by atoms with Gasteiger partial charge in [0.05, 0.1) is 26.4 Å². The Balaban J connectivity index is 1.65. The number of ether oxygens (including phenoxy) is 6. The van der Waals surface area contributed by atoms with Crippen LogP contribution in [0.5, 0.6) is 0 Å². The van der Waals surface area contributed by atoms with E-state index in [4.69, 9.17) is 28.4 Å². The van der Waals surface area contributed by atoms with Crippen LogP contribution in [0, 0.1) is 0 Å². The van der Waals surface area contributed by atoms with E-state index in [2.05, 4.69) is 55.5 Å². The Bertz CT molecular complexity index is 1100. The number of esters is 1. The highest BCUT2D eigenvalue weighted by molar-refractivity contribution is 5.69. The van der Waals surface area contributed by atoms with E-state index in [9.17, 15) is 40.5 Å². The number of unbranched alkanes of at least 4 members (excludes halogenated alkanes) is 7. The van der Waals surface area contributed by atoms with Crippen LogP contribution in [0.1, 0.15) is 104 Å². The predicted octanol–water partition coefficient (Wildman–Crippen LogP) is 3.28. The third-order valence-electron chi connectivity index (χ3n) is 9.32. The summed E-state index contributed by atoms with van der Waals surface area (Å²) in [7, 11) is 0. The molecule has 14 nitrogen and oxygen atoms in total. The maximum absolute atomic E-state index is 12.3. The topological polar surface area (TPSA) is 214 Å². The summed E-state index contributed by atoms with van der Waals surface area (Å²) in [6, 6.07) is 0. The minimum Gasteiger partial charge on any atom is -0.457 e. The highest BCUT2D eigenvalue weighted by atomic mass is 16.7. The van der Waals surface area contributed by atoms with Crippen LogP contribution in [-0.4, -0.2) is 142 Å². The molecule has 11 unspecified atom stereocenters. The second-order valence-electron chi connectivity index (χ2n) is 14.1. The van der Waals surface area contributed by atoms with Gasteiger partial charge in [0.1, 0.15) is 54.9 Å². The van der Waals surface area contributed by atoms with Gasteiger partial charge in [-0.15, -0.1) is 0 Å². The Kier molecular flexibility index (Phi) is 26.9. The molecule has 0 spiro atoms. The number of aliphatic hydroxyl groups is 7. The molecule has 0 bridgehead atoms. The number of hydrogen-bond donors (Lipinski definition) is 7. The lowest BCUT2D eigenvalue weighted by atomic mass is 9.98. The van der Waals surface area contributed by atoms with Crippen molar-refractivity contribution in [3.8, 4) is 0 Å². The molecule has 0 aromatic heterocycles. The van der Waals surface area contributed by atoms with Gasteiger partial charge >= 0.3 is 5.97 Å². The van der Waals surface area contributed by atoms with Crippen molar-refractivity contribution >= 4 is 5.97 Å². The van der Waals surface area contributed by atoms with Gasteiger partial charge in [-0.1, -0.05) is 94.6 Å². The van der Waals surface area contributed by atoms with E-state index in [1.165, 1.54) is 19.3 Å². The Morgan fingerprint density at radius 1 is 0.618 bits per heavy atom. The number of hydrogen-bond acceptors (Lipinski definition) is 14. The van der Waals surface area contributed by atoms with E-state index in [1.54, 1.807) is 0 Å². The quantitative estimate of drug-likeness (QED) is 0.0330. The van der Waals surface area contributed by atoms with Gasteiger partial charge in [0, 0.05) is 13.0 Å². The molecule has 318 valence electrons. The zero-order chi connectivity index (χ0) is 40.3. The van der Waals surface area contributed by atoms with Crippen molar-refractivity contribution in [1.82, 2.24) is 0 Å². The standard InChI is InChI=1S/C41H70O14/c1-3-5-6-7-8-9-10-11-12-13-14-15-16-17-18-19-20-21-22-23-25-50-27-30(53-33(43)24-4-2)28-51-40-39(49)37(47)35(45)32(55-40)29-52-41-38(48)36(46)34(44)31(26-42)54-41/h5-6,8-9,11-12,14-15,30-32,34-42,44-49H,3-4,7,10,13,16-29H2,1-2H3/b6-5-,9-8-,12-11-,15-14-. The second-order valence-corrected chi connectivity index (χ2v) is 14.1. The summed E-state index contributed by atoms with van der Waals surface area (Å²) in [5.74, 6) is -0.437. The van der Waals surface area contributed by atoms with Gasteiger partial charge in [-0.3, -0.25) is 4.79 Å². The van der Waals surface area contributed by atoms with Crippen LogP contribution in [-0.2, 0) is 33.2 Å². The van der Waals surface area contributed by atoms with E-state index in [1.807, 2.05) is 6.92 Å². The highest BCUT2D eigenvalue weighted by Gasteiger charge is 2.47. The molecule has 0 aromatic carbocycles. The summed E-state index contributed by atoms with van der Waals surface area (Å²) >= 11 is 0. The van der Waals surface area contributed by atoms with E-state index >= 15 is 0 Å². The number of allylic oxidation sites excluding steroid dienone is 8. The van der Waals surface area contributed by atoms with E-state index in [0.29, 0.717) is 13.0 Å². The Labute approximate surface area is 327 Å². The molecule has 2 aliphatic rings. The molecule has 55 heavy (non-hydrogen) atoms. The van der Waals surface area contributed by atoms with Crippen LogP contribution in [0.4, 0.5) is 0 Å². The van der Waals surface area contributed by atoms with Gasteiger partial charge in [0.25, 0.3) is 0 Å². The molecular weight excluding hydrogens is 716 g/mol. The summed E-state index contributed by atoms with van der Waals surface area (Å²) < 4.78 is 33.5. The average Bonchev–Trinajstić information content (AvgIpc) is 3.17. The Morgan fingerprint density at radius 2 is 1.15 bits per heavy atom. The predicted molar refractivity (Wildman–Crippen MR) is 206 cm³/mol. The van der Waals surface area contributed by atoms with Crippen LogP contribution in [0.3, 0.4) is 0 Å². The lowest BCUT2D eigenvalue weighted by Crippen LogP contribution is -2.61. The van der Waals surface area contributed by atoms with Gasteiger partial charge in [0.15, 0.2) is 12.6 Å². The van der Waals surface area contributed by atoms with Crippen molar-refractivity contribution in [1.29, 1.82) is 0 Å². The van der Waals surface area contributed by atoms with Crippen LogP contribution in [0.25, 0.3) is 0 Å². The third-order valence-corrected chi connectivity index (χ3v) is 9.32. The Morgan fingerprint density at radius 3 is 1.75 bits per heavy atom. The third kappa shape index (κ3) is 19.8. The number of carbonyl (C=O) groups excluding carboxylic acids is 1. The van der Waals surface area contributed by atoms with E-state index in [0.717, 1.165) is 57.8 Å². The zero-order valence-electron chi connectivity index (χ0n) is 32.9. The maximum atomic E-state index is 12.3. The summed E-state index contributed by atoms with van der Waals surface area (Å²) in [5.41, 5.74) is 0. The molecule has 0 radical (unpaired) electrons. The lowest BCUT2D eigenvalue weighted by molar-refractivity contribution is -0.332. The zero-order valence-corrected chi connectivity index (χ0v) is 32.9. The molecule has 2 saturated heterocycles. The first-order valence-corrected chi connectivity index (χ1v) is 20.2. The van der Waals surface area contributed by atoms with Gasteiger partial charge < -0.3 is 64.2 Å². The van der Waals surface area contributed by atoms with Crippen molar-refractivity contribution in [3.05, 3.63) is 48.6 Å². The largest absolute Gasteiger partial charge is 0.457 e. The first-order chi connectivity index (χ1) is 26.6. The SMILES string of the molecule is CC/C=C\C/C=C\C/C=C\C/C=C\CCCCCCCCCOCC(COC1OC(COC2OC(CO)C(O)C(O)C2O)C(O)C(O)C1O)OC(=O)CCC. The van der Waals surface area contributed by atoms with Crippen LogP contribution in [0.2, 0.25) is 0 Å². The van der Waals surface area contributed by atoms with E-state index < -0.39 is 86.7 Å². The number of carbonyl (C=O) groups is 1. The van der Waals surface area contributed by atoms with Crippen molar-refractivity contribution in [2.24, 2.45) is 0 Å². The van der Waals surface area contributed by atoms with Gasteiger partial charge in [-0.2, -0.15) is 0 Å². The molecule has 2 rings (SSSR count). The number of rotatable bonds is 29. The van der Waals surface area contributed by atoms with Gasteiger partial charge in [0.2, 0.25) is 0 Å². The fourth-order valence-corrected chi connectivity index (χ4v) is 6.02. The van der Waals surface area contributed by atoms with Crippen molar-refractivity contribution in [2.75, 3.05) is 33.0 Å². The normalized spacial score (nSPS) is 29.6. The molecule has 0 amide bonds. The molecule has 2 fully saturated rings. The van der Waals surface area contributed by atoms with Crippen molar-refractivity contribution < 1.29 is 69.0 Å². The monoisotopic (exact) mass is 786 g/mol. The fraction of sp³-hybridized carbons (Fsp3) is 0.780. The highest BCUT2D eigenvalue weighted by Crippen LogP contribution is 2.26. The van der Waals surface area contributed by atoms with E-state index in [-0.39, 0.29) is 19.6 Å². The molecule has 14 heteroatoms. The fourth-order valence-electron chi connectivity index (χ4n) is 6.02. The molecule has 0 saturated carbocycles. The molecule has 7 N–H and O–H groups in total. The molecule has 11 atom stereocenters. The minimum atomic E-state index is -1.70. The summed E-state index contributed by atoms with van der Waals surface area (Å²) in [5, 5.41) is 71.2. The molecule has 0 aliphatic carbocycles. The van der Waals surface area contributed by atoms with Crippen LogP contribution < -0.4 is 0 Å². The molecule has 2 aliphatic heterocycles. The van der Waals surface area contributed by atoms with Crippen LogP contribution in [0.15, 0.2) is 48.6 Å². The average molecular weight is 787 g/mol. The van der Waals surface area contributed by atoms with Crippen molar-refractivity contribution in [3.63, 3.8) is 0 Å². The summed E-state index contributed by atoms with van der Waals surface area (Å²) in [6.07, 6.45) is 15.2. The second kappa shape index (κ2) is 30.1. The van der Waals surface area contributed by atoms with Gasteiger partial charge in [-0.05, 0) is 51.4 Å². The molecule has 2 heterocycles. The summed E-state index contributed by atoms with van der Waals surface area (Å²) in [4.78, 5) is 12.3. The Hall–Kier alpha value is -2.05. The maximum Gasteiger partial charge on any atom is 0.306 e. The first-order valence-electron chi connectivity index (χ1n) is 20.2. The lowest BCUT2D eigenvalue weighted by Gasteiger charge is -2.42. The van der Waals surface area contributed by atoms with Crippen LogP contribution >= 0.6 is 0 Å². The summed E-state index contributed by atoms with van der Waals surface area (Å²) in [6.45, 7) is 3.13. The number of aliphatic hydroxyl groups excluding tert-OH is 7. The van der Waals surface area contributed by atoms with Gasteiger partial charge in [-0.25, -0.2) is 0 Å². The molecular formula is C41H70O14. The van der Waals surface area contributed by atoms with Crippen molar-refractivity contribution in [2.45, 2.75) is 171 Å². The smallest absolute Gasteiger partial charge is 0.306 e. The minimum absolute atomic E-state index is 0.0460.